The van der Waals surface area contributed by atoms with E-state index in [1.807, 2.05) is 13.1 Å². The van der Waals surface area contributed by atoms with Gasteiger partial charge in [0.25, 0.3) is 5.91 Å². The third-order valence-corrected chi connectivity index (χ3v) is 5.06. The molecule has 19 heavy (non-hydrogen) atoms. The van der Waals surface area contributed by atoms with E-state index in [0.717, 1.165) is 18.7 Å². The standard InChI is InChI=1S/C15H17FN2O/c1-17-12-8-18(9-15(12)5-6-15)7-10-3-2-4-11(16)13(10)14(17)19/h2-4,12H,5-9H2,1H3/t12-/m1/s1. The molecule has 1 unspecified atom stereocenters. The fraction of sp³-hybridized carbons (Fsp3) is 0.533. The van der Waals surface area contributed by atoms with Crippen molar-refractivity contribution in [2.45, 2.75) is 25.4 Å². The maximum absolute atomic E-state index is 14.0. The van der Waals surface area contributed by atoms with Crippen molar-refractivity contribution < 1.29 is 9.18 Å². The molecule has 2 atom stereocenters. The van der Waals surface area contributed by atoms with Crippen LogP contribution in [0.15, 0.2) is 18.2 Å². The number of fused-ring (bicyclic) bond motifs is 4. The molecule has 2 aliphatic heterocycles. The zero-order valence-electron chi connectivity index (χ0n) is 11.0. The first-order valence-electron chi connectivity index (χ1n) is 6.88. The van der Waals surface area contributed by atoms with E-state index in [2.05, 4.69) is 4.90 Å². The Morgan fingerprint density at radius 1 is 1.37 bits per heavy atom. The molecule has 1 aromatic carbocycles. The number of rotatable bonds is 0. The minimum absolute atomic E-state index is 0.147. The zero-order valence-corrected chi connectivity index (χ0v) is 11.0. The molecule has 1 saturated heterocycles. The number of amides is 1. The van der Waals surface area contributed by atoms with Gasteiger partial charge in [-0.3, -0.25) is 9.69 Å². The Balaban J connectivity index is 1.84. The average Bonchev–Trinajstić information content (AvgIpc) is 3.03. The number of carbonyl (C=O) groups excluding carboxylic acids is 1. The van der Waals surface area contributed by atoms with Gasteiger partial charge in [0.15, 0.2) is 0 Å². The van der Waals surface area contributed by atoms with Crippen LogP contribution in [-0.2, 0) is 6.54 Å². The van der Waals surface area contributed by atoms with E-state index >= 15 is 0 Å². The lowest BCUT2D eigenvalue weighted by Crippen LogP contribution is -2.44. The SMILES string of the molecule is CN1C(=O)c2c(F)cccc2CN2C[C@@H]1C1(CC1)C2. The Morgan fingerprint density at radius 2 is 2.16 bits per heavy atom. The molecule has 2 fully saturated rings. The molecule has 2 heterocycles. The lowest BCUT2D eigenvalue weighted by molar-refractivity contribution is 0.0680. The van der Waals surface area contributed by atoms with Crippen LogP contribution >= 0.6 is 0 Å². The maximum Gasteiger partial charge on any atom is 0.257 e. The number of halogens is 1. The fourth-order valence-electron chi connectivity index (χ4n) is 3.86. The van der Waals surface area contributed by atoms with Gasteiger partial charge in [0.05, 0.1) is 11.6 Å². The van der Waals surface area contributed by atoms with Crippen molar-refractivity contribution in [3.05, 3.63) is 35.1 Å². The first kappa shape index (κ1) is 11.4. The van der Waals surface area contributed by atoms with Crippen LogP contribution < -0.4 is 0 Å². The average molecular weight is 260 g/mol. The van der Waals surface area contributed by atoms with Gasteiger partial charge in [-0.2, -0.15) is 0 Å². The molecule has 1 amide bonds. The van der Waals surface area contributed by atoms with Gasteiger partial charge >= 0.3 is 0 Å². The predicted molar refractivity (Wildman–Crippen MR) is 69.2 cm³/mol. The Bertz CT molecular complexity index is 567. The van der Waals surface area contributed by atoms with Gasteiger partial charge in [0, 0.05) is 32.1 Å². The highest BCUT2D eigenvalue weighted by molar-refractivity contribution is 5.96. The molecule has 3 aliphatic rings. The highest BCUT2D eigenvalue weighted by Crippen LogP contribution is 2.55. The number of hydrogen-bond acceptors (Lipinski definition) is 2. The van der Waals surface area contributed by atoms with Crippen molar-refractivity contribution in [1.82, 2.24) is 9.80 Å². The summed E-state index contributed by atoms with van der Waals surface area (Å²) >= 11 is 0. The van der Waals surface area contributed by atoms with Crippen LogP contribution in [0.1, 0.15) is 28.8 Å². The summed E-state index contributed by atoms with van der Waals surface area (Å²) in [7, 11) is 1.83. The summed E-state index contributed by atoms with van der Waals surface area (Å²) in [5.74, 6) is -0.535. The van der Waals surface area contributed by atoms with Crippen LogP contribution in [0.4, 0.5) is 4.39 Å². The molecule has 4 heteroatoms. The van der Waals surface area contributed by atoms with Crippen molar-refractivity contribution in [2.24, 2.45) is 5.41 Å². The molecule has 0 radical (unpaired) electrons. The van der Waals surface area contributed by atoms with Crippen molar-refractivity contribution in [3.8, 4) is 0 Å². The second-order valence-electron chi connectivity index (χ2n) is 6.24. The van der Waals surface area contributed by atoms with Crippen molar-refractivity contribution in [3.63, 3.8) is 0 Å². The van der Waals surface area contributed by atoms with Crippen molar-refractivity contribution >= 4 is 5.91 Å². The summed E-state index contributed by atoms with van der Waals surface area (Å²) in [4.78, 5) is 16.7. The highest BCUT2D eigenvalue weighted by atomic mass is 19.1. The van der Waals surface area contributed by atoms with Crippen LogP contribution in [0.3, 0.4) is 0 Å². The highest BCUT2D eigenvalue weighted by Gasteiger charge is 2.57. The van der Waals surface area contributed by atoms with E-state index in [9.17, 15) is 9.18 Å². The van der Waals surface area contributed by atoms with Crippen LogP contribution in [0.2, 0.25) is 0 Å². The number of benzene rings is 1. The quantitative estimate of drug-likeness (QED) is 0.711. The fourth-order valence-corrected chi connectivity index (χ4v) is 3.86. The summed E-state index contributed by atoms with van der Waals surface area (Å²) in [5.41, 5.74) is 1.40. The van der Waals surface area contributed by atoms with Gasteiger partial charge in [-0.05, 0) is 24.5 Å². The molecule has 1 aliphatic carbocycles. The third-order valence-electron chi connectivity index (χ3n) is 5.06. The summed E-state index contributed by atoms with van der Waals surface area (Å²) in [5, 5.41) is 0. The van der Waals surface area contributed by atoms with E-state index in [1.54, 1.807) is 11.0 Å². The van der Waals surface area contributed by atoms with Gasteiger partial charge in [-0.1, -0.05) is 12.1 Å². The van der Waals surface area contributed by atoms with E-state index in [0.29, 0.717) is 12.0 Å². The van der Waals surface area contributed by atoms with Gasteiger partial charge in [0.1, 0.15) is 5.82 Å². The molecule has 0 N–H and O–H groups in total. The molecular weight excluding hydrogens is 243 g/mol. The summed E-state index contributed by atoms with van der Waals surface area (Å²) < 4.78 is 14.0. The van der Waals surface area contributed by atoms with E-state index < -0.39 is 0 Å². The molecule has 0 aromatic heterocycles. The maximum atomic E-state index is 14.0. The number of hydrogen-bond donors (Lipinski definition) is 0. The largest absolute Gasteiger partial charge is 0.337 e. The normalized spacial score (nSPS) is 31.1. The summed E-state index contributed by atoms with van der Waals surface area (Å²) in [6.07, 6.45) is 2.40. The number of likely N-dealkylation sites (N-methyl/N-ethyl adjacent to an activating group) is 1. The van der Waals surface area contributed by atoms with Gasteiger partial charge in [0.2, 0.25) is 0 Å². The molecule has 100 valence electrons. The van der Waals surface area contributed by atoms with Crippen LogP contribution in [0.25, 0.3) is 0 Å². The molecule has 1 aromatic rings. The second kappa shape index (κ2) is 3.57. The Kier molecular flexibility index (Phi) is 2.14. The molecular formula is C15H17FN2O. The summed E-state index contributed by atoms with van der Waals surface area (Å²) in [6, 6.07) is 5.22. The van der Waals surface area contributed by atoms with Gasteiger partial charge in [-0.15, -0.1) is 0 Å². The second-order valence-corrected chi connectivity index (χ2v) is 6.24. The van der Waals surface area contributed by atoms with Gasteiger partial charge < -0.3 is 4.90 Å². The smallest absolute Gasteiger partial charge is 0.257 e. The van der Waals surface area contributed by atoms with E-state index in [4.69, 9.17) is 0 Å². The first-order chi connectivity index (χ1) is 9.11. The Morgan fingerprint density at radius 3 is 2.89 bits per heavy atom. The van der Waals surface area contributed by atoms with Crippen LogP contribution in [-0.4, -0.2) is 41.9 Å². The summed E-state index contributed by atoms with van der Waals surface area (Å²) in [6.45, 7) is 2.67. The topological polar surface area (TPSA) is 23.6 Å². The van der Waals surface area contributed by atoms with Crippen LogP contribution in [0, 0.1) is 11.2 Å². The molecule has 1 spiro atoms. The minimum Gasteiger partial charge on any atom is -0.337 e. The monoisotopic (exact) mass is 260 g/mol. The zero-order chi connectivity index (χ0) is 13.2. The Hall–Kier alpha value is -1.42. The Labute approximate surface area is 112 Å². The minimum atomic E-state index is -0.387. The lowest BCUT2D eigenvalue weighted by atomic mass is 9.98. The van der Waals surface area contributed by atoms with Crippen molar-refractivity contribution in [1.29, 1.82) is 0 Å². The predicted octanol–water partition coefficient (Wildman–Crippen LogP) is 1.88. The molecule has 2 bridgehead atoms. The number of carbonyl (C=O) groups is 1. The van der Waals surface area contributed by atoms with Crippen LogP contribution in [0.5, 0.6) is 0 Å². The molecule has 1 saturated carbocycles. The number of nitrogens with zero attached hydrogens (tertiary/aromatic N) is 2. The first-order valence-corrected chi connectivity index (χ1v) is 6.88. The molecule has 4 rings (SSSR count). The van der Waals surface area contributed by atoms with E-state index in [1.165, 1.54) is 18.9 Å². The molecule has 3 nitrogen and oxygen atoms in total. The lowest BCUT2D eigenvalue weighted by Gasteiger charge is -2.31. The van der Waals surface area contributed by atoms with Crippen molar-refractivity contribution in [2.75, 3.05) is 20.1 Å². The van der Waals surface area contributed by atoms with Gasteiger partial charge in [-0.25, -0.2) is 4.39 Å². The van der Waals surface area contributed by atoms with E-state index in [-0.39, 0.29) is 23.3 Å². The third kappa shape index (κ3) is 1.49.